The molecule has 1 amide bonds. The van der Waals surface area contributed by atoms with Gasteiger partial charge in [0, 0.05) is 19.1 Å². The maximum absolute atomic E-state index is 12.0. The first-order valence-corrected chi connectivity index (χ1v) is 12.8. The van der Waals surface area contributed by atoms with Crippen molar-refractivity contribution in [2.45, 2.75) is 110 Å². The number of ether oxygens (including phenoxy) is 1. The molecule has 0 spiro atoms. The second-order valence-corrected chi connectivity index (χ2v) is 14.4. The summed E-state index contributed by atoms with van der Waals surface area (Å²) in [5.74, 6) is 0. The van der Waals surface area contributed by atoms with E-state index in [-0.39, 0.29) is 17.2 Å². The van der Waals surface area contributed by atoms with E-state index in [0.29, 0.717) is 6.42 Å². The number of hydrogen-bond donors (Lipinski definition) is 1. The van der Waals surface area contributed by atoms with E-state index < -0.39 is 13.9 Å². The first-order chi connectivity index (χ1) is 11.8. The predicted molar refractivity (Wildman–Crippen MR) is 110 cm³/mol. The van der Waals surface area contributed by atoms with Crippen molar-refractivity contribution >= 4 is 20.7 Å². The molecule has 0 aliphatic heterocycles. The van der Waals surface area contributed by atoms with E-state index in [2.05, 4.69) is 39.2 Å². The van der Waals surface area contributed by atoms with Gasteiger partial charge in [-0.15, -0.1) is 0 Å². The van der Waals surface area contributed by atoms with Gasteiger partial charge in [-0.25, -0.2) is 4.79 Å². The zero-order valence-corrected chi connectivity index (χ0v) is 19.2. The van der Waals surface area contributed by atoms with E-state index >= 15 is 0 Å². The third-order valence-corrected chi connectivity index (χ3v) is 9.35. The molecule has 0 saturated heterocycles. The lowest BCUT2D eigenvalue weighted by atomic mass is 10.0. The highest BCUT2D eigenvalue weighted by atomic mass is 28.4. The highest BCUT2D eigenvalue weighted by Crippen LogP contribution is 2.36. The van der Waals surface area contributed by atoms with Gasteiger partial charge in [0.15, 0.2) is 8.32 Å². The van der Waals surface area contributed by atoms with Crippen LogP contribution in [0.4, 0.5) is 4.79 Å². The average molecular weight is 388 g/mol. The van der Waals surface area contributed by atoms with E-state index in [4.69, 9.17) is 9.16 Å². The van der Waals surface area contributed by atoms with Crippen molar-refractivity contribution in [1.82, 2.24) is 5.32 Å². The van der Waals surface area contributed by atoms with Gasteiger partial charge in [0.2, 0.25) is 0 Å². The summed E-state index contributed by atoms with van der Waals surface area (Å²) >= 11 is 0. The Hall–Kier alpha value is -0.883. The molecule has 5 nitrogen and oxygen atoms in total. The van der Waals surface area contributed by atoms with Crippen molar-refractivity contribution in [3.05, 3.63) is 0 Å². The fourth-order valence-electron chi connectivity index (χ4n) is 2.25. The zero-order chi connectivity index (χ0) is 20.4. The van der Waals surface area contributed by atoms with Gasteiger partial charge in [-0.05, 0) is 71.0 Å². The number of nitrogens with one attached hydrogen (secondary N) is 1. The van der Waals surface area contributed by atoms with Crippen molar-refractivity contribution in [2.24, 2.45) is 0 Å². The van der Waals surface area contributed by atoms with E-state index in [1.165, 1.54) is 0 Å². The highest BCUT2D eigenvalue weighted by Gasteiger charge is 2.36. The first-order valence-electron chi connectivity index (χ1n) is 9.85. The van der Waals surface area contributed by atoms with Crippen molar-refractivity contribution in [3.8, 4) is 0 Å². The Labute approximate surface area is 161 Å². The van der Waals surface area contributed by atoms with Gasteiger partial charge >= 0.3 is 6.09 Å². The van der Waals surface area contributed by atoms with Crippen molar-refractivity contribution < 1.29 is 18.8 Å². The quantitative estimate of drug-likeness (QED) is 0.291. The van der Waals surface area contributed by atoms with Crippen LogP contribution in [0.3, 0.4) is 0 Å². The van der Waals surface area contributed by atoms with Crippen LogP contribution in [0.5, 0.6) is 0 Å². The maximum atomic E-state index is 12.0. The van der Waals surface area contributed by atoms with Crippen molar-refractivity contribution in [2.75, 3.05) is 6.61 Å². The van der Waals surface area contributed by atoms with Crippen LogP contribution in [0.2, 0.25) is 18.1 Å². The van der Waals surface area contributed by atoms with E-state index in [1.807, 2.05) is 20.8 Å². The fourth-order valence-corrected chi connectivity index (χ4v) is 3.33. The number of rotatable bonds is 11. The molecule has 0 heterocycles. The maximum Gasteiger partial charge on any atom is 0.407 e. The predicted octanol–water partition coefficient (Wildman–Crippen LogP) is 5.44. The van der Waals surface area contributed by atoms with Gasteiger partial charge in [0.1, 0.15) is 11.9 Å². The molecule has 1 N–H and O–H groups in total. The molecule has 0 bridgehead atoms. The van der Waals surface area contributed by atoms with Gasteiger partial charge in [-0.1, -0.05) is 20.8 Å². The summed E-state index contributed by atoms with van der Waals surface area (Å²) in [5, 5.41) is 3.18. The standard InChI is InChI=1S/C20H41NO4Si/c1-19(2,3)25-18(23)21-17(13-9-11-15-22)14-10-12-16-24-26(7,8)20(4,5)6/h15,17H,9-14,16H2,1-8H3,(H,21,23)/t17-/m0/s1. The molecule has 0 aliphatic carbocycles. The molecule has 0 unspecified atom stereocenters. The molecule has 6 heteroatoms. The van der Waals surface area contributed by atoms with E-state index in [0.717, 1.165) is 45.0 Å². The number of hydrogen-bond acceptors (Lipinski definition) is 4. The number of aldehydes is 1. The monoisotopic (exact) mass is 387 g/mol. The lowest BCUT2D eigenvalue weighted by Gasteiger charge is -2.36. The summed E-state index contributed by atoms with van der Waals surface area (Å²) in [6.45, 7) is 17.6. The summed E-state index contributed by atoms with van der Waals surface area (Å²) in [5.41, 5.74) is -0.506. The molecule has 0 aliphatic rings. The third-order valence-electron chi connectivity index (χ3n) is 4.81. The number of carbonyl (C=O) groups is 2. The van der Waals surface area contributed by atoms with Crippen LogP contribution >= 0.6 is 0 Å². The Morgan fingerprint density at radius 3 is 2.12 bits per heavy atom. The van der Waals surface area contributed by atoms with Gasteiger partial charge in [0.25, 0.3) is 0 Å². The van der Waals surface area contributed by atoms with Crippen LogP contribution < -0.4 is 5.32 Å². The largest absolute Gasteiger partial charge is 0.444 e. The normalized spacial score (nSPS) is 14.0. The minimum Gasteiger partial charge on any atom is -0.444 e. The van der Waals surface area contributed by atoms with Gasteiger partial charge in [-0.2, -0.15) is 0 Å². The summed E-state index contributed by atoms with van der Waals surface area (Å²) < 4.78 is 11.5. The second-order valence-electron chi connectivity index (χ2n) is 9.55. The third kappa shape index (κ3) is 11.7. The minimum atomic E-state index is -1.69. The van der Waals surface area contributed by atoms with Crippen molar-refractivity contribution in [1.29, 1.82) is 0 Å². The fraction of sp³-hybridized carbons (Fsp3) is 0.900. The summed E-state index contributed by atoms with van der Waals surface area (Å²) in [7, 11) is -1.69. The van der Waals surface area contributed by atoms with Crippen LogP contribution in [-0.2, 0) is 14.0 Å². The zero-order valence-electron chi connectivity index (χ0n) is 18.2. The average Bonchev–Trinajstić information content (AvgIpc) is 2.43. The van der Waals surface area contributed by atoms with Gasteiger partial charge in [-0.3, -0.25) is 0 Å². The Balaban J connectivity index is 4.34. The molecule has 0 rings (SSSR count). The van der Waals surface area contributed by atoms with Gasteiger partial charge < -0.3 is 19.3 Å². The molecule has 154 valence electrons. The molecule has 26 heavy (non-hydrogen) atoms. The van der Waals surface area contributed by atoms with E-state index in [1.54, 1.807) is 0 Å². The van der Waals surface area contributed by atoms with Crippen molar-refractivity contribution in [3.63, 3.8) is 0 Å². The lowest BCUT2D eigenvalue weighted by Crippen LogP contribution is -2.41. The first kappa shape index (κ1) is 25.1. The Morgan fingerprint density at radius 2 is 1.62 bits per heavy atom. The van der Waals surface area contributed by atoms with Gasteiger partial charge in [0.05, 0.1) is 0 Å². The Morgan fingerprint density at radius 1 is 1.04 bits per heavy atom. The summed E-state index contributed by atoms with van der Waals surface area (Å²) in [6.07, 6.45) is 5.48. The summed E-state index contributed by atoms with van der Waals surface area (Å²) in [6, 6.07) is 0.0395. The van der Waals surface area contributed by atoms with Crippen LogP contribution in [0.15, 0.2) is 0 Å². The number of amides is 1. The Kier molecular flexibility index (Phi) is 10.7. The second kappa shape index (κ2) is 11.1. The van der Waals surface area contributed by atoms with E-state index in [9.17, 15) is 9.59 Å². The summed E-state index contributed by atoms with van der Waals surface area (Å²) in [4.78, 5) is 22.6. The van der Waals surface area contributed by atoms with Crippen LogP contribution in [0, 0.1) is 0 Å². The van der Waals surface area contributed by atoms with Crippen LogP contribution in [0.1, 0.15) is 80.1 Å². The minimum absolute atomic E-state index is 0.0395. The van der Waals surface area contributed by atoms with Crippen LogP contribution in [-0.4, -0.2) is 38.9 Å². The SMILES string of the molecule is CC(C)(C)OC(=O)N[C@@H](CCCC=O)CCCCO[Si](C)(C)C(C)(C)C. The highest BCUT2D eigenvalue weighted by molar-refractivity contribution is 6.74. The number of carbonyl (C=O) groups excluding carboxylic acids is 2. The lowest BCUT2D eigenvalue weighted by molar-refractivity contribution is -0.107. The molecule has 0 radical (unpaired) electrons. The molecule has 0 fully saturated rings. The molecule has 0 aromatic rings. The topological polar surface area (TPSA) is 64.6 Å². The number of unbranched alkanes of at least 4 members (excludes halogenated alkanes) is 2. The number of alkyl carbamates (subject to hydrolysis) is 1. The molecular weight excluding hydrogens is 346 g/mol. The molecule has 0 aromatic heterocycles. The molecule has 0 aromatic carbocycles. The Bertz CT molecular complexity index is 425. The molecular formula is C20H41NO4Si. The molecule has 0 saturated carbocycles. The molecule has 1 atom stereocenters. The smallest absolute Gasteiger partial charge is 0.407 e. The van der Waals surface area contributed by atoms with Crippen LogP contribution in [0.25, 0.3) is 0 Å².